The van der Waals surface area contributed by atoms with Crippen molar-refractivity contribution in [2.75, 3.05) is 20.1 Å². The number of nitrogens with one attached hydrogen (secondary N) is 1. The van der Waals surface area contributed by atoms with Gasteiger partial charge in [0.1, 0.15) is 5.82 Å². The van der Waals surface area contributed by atoms with Crippen molar-refractivity contribution in [1.82, 2.24) is 10.2 Å². The molecular weight excluding hydrogens is 259 g/mol. The smallest absolute Gasteiger partial charge is 0.240 e. The van der Waals surface area contributed by atoms with E-state index in [4.69, 9.17) is 0 Å². The van der Waals surface area contributed by atoms with E-state index >= 15 is 0 Å². The van der Waals surface area contributed by atoms with Gasteiger partial charge in [-0.2, -0.15) is 0 Å². The summed E-state index contributed by atoms with van der Waals surface area (Å²) < 4.78 is 12.9. The zero-order valence-corrected chi connectivity index (χ0v) is 11.7. The molecule has 5 heteroatoms. The maximum absolute atomic E-state index is 12.9. The zero-order valence-electron chi connectivity index (χ0n) is 11.7. The second kappa shape index (κ2) is 6.81. The Kier molecular flexibility index (Phi) is 5.09. The van der Waals surface area contributed by atoms with E-state index in [1.54, 1.807) is 24.1 Å². The van der Waals surface area contributed by atoms with E-state index in [9.17, 15) is 14.3 Å². The monoisotopic (exact) mass is 280 g/mol. The number of carbonyl (C=O) groups is 1. The van der Waals surface area contributed by atoms with Crippen molar-refractivity contribution >= 4 is 5.91 Å². The number of rotatable bonds is 4. The molecular formula is C15H21FN2O2. The standard InChI is InChI=1S/C15H21FN2O2/c1-17-14(10-11-2-4-12(16)5-3-11)15(20)18-8-6-13(19)7-9-18/h2-5,13-14,17,19H,6-10H2,1H3/t14-/m0/s1. The number of likely N-dealkylation sites (tertiary alicyclic amines) is 1. The Balaban J connectivity index is 1.97. The lowest BCUT2D eigenvalue weighted by molar-refractivity contribution is -0.135. The summed E-state index contributed by atoms with van der Waals surface area (Å²) in [7, 11) is 1.75. The highest BCUT2D eigenvalue weighted by Gasteiger charge is 2.26. The molecule has 0 radical (unpaired) electrons. The Morgan fingerprint density at radius 3 is 2.55 bits per heavy atom. The largest absolute Gasteiger partial charge is 0.393 e. The van der Waals surface area contributed by atoms with E-state index < -0.39 is 0 Å². The molecule has 1 aromatic rings. The minimum atomic E-state index is -0.310. The Morgan fingerprint density at radius 2 is 2.00 bits per heavy atom. The number of likely N-dealkylation sites (N-methyl/N-ethyl adjacent to an activating group) is 1. The fourth-order valence-corrected chi connectivity index (χ4v) is 2.48. The van der Waals surface area contributed by atoms with Crippen molar-refractivity contribution in [2.24, 2.45) is 0 Å². The van der Waals surface area contributed by atoms with Crippen LogP contribution in [0.4, 0.5) is 4.39 Å². The predicted octanol–water partition coefficient (Wildman–Crippen LogP) is 0.939. The molecule has 1 saturated heterocycles. The predicted molar refractivity (Wildman–Crippen MR) is 74.8 cm³/mol. The lowest BCUT2D eigenvalue weighted by atomic mass is 10.0. The molecule has 2 N–H and O–H groups in total. The van der Waals surface area contributed by atoms with Crippen LogP contribution in [0.2, 0.25) is 0 Å². The number of carbonyl (C=O) groups excluding carboxylic acids is 1. The van der Waals surface area contributed by atoms with Crippen LogP contribution in [0, 0.1) is 5.82 Å². The Hall–Kier alpha value is -1.46. The molecule has 0 aliphatic carbocycles. The molecule has 1 fully saturated rings. The van der Waals surface area contributed by atoms with Crippen LogP contribution in [0.3, 0.4) is 0 Å². The van der Waals surface area contributed by atoms with Crippen molar-refractivity contribution in [1.29, 1.82) is 0 Å². The third-order valence-corrected chi connectivity index (χ3v) is 3.78. The minimum absolute atomic E-state index is 0.0451. The number of piperidine rings is 1. The lowest BCUT2D eigenvalue weighted by Gasteiger charge is -2.32. The molecule has 110 valence electrons. The summed E-state index contributed by atoms with van der Waals surface area (Å²) in [6.07, 6.45) is 1.52. The van der Waals surface area contributed by atoms with Gasteiger partial charge in [0.25, 0.3) is 0 Å². The van der Waals surface area contributed by atoms with E-state index in [0.29, 0.717) is 32.4 Å². The van der Waals surface area contributed by atoms with Crippen LogP contribution in [0.15, 0.2) is 24.3 Å². The molecule has 1 heterocycles. The fraction of sp³-hybridized carbons (Fsp3) is 0.533. The van der Waals surface area contributed by atoms with Gasteiger partial charge < -0.3 is 15.3 Å². The van der Waals surface area contributed by atoms with Crippen molar-refractivity contribution in [3.8, 4) is 0 Å². The lowest BCUT2D eigenvalue weighted by Crippen LogP contribution is -2.49. The molecule has 1 aliphatic heterocycles. The summed E-state index contributed by atoms with van der Waals surface area (Å²) in [6, 6.07) is 5.91. The third kappa shape index (κ3) is 3.77. The summed E-state index contributed by atoms with van der Waals surface area (Å²) >= 11 is 0. The summed E-state index contributed by atoms with van der Waals surface area (Å²) in [5.74, 6) is -0.227. The maximum atomic E-state index is 12.9. The molecule has 1 aromatic carbocycles. The average Bonchev–Trinajstić information content (AvgIpc) is 2.47. The van der Waals surface area contributed by atoms with Gasteiger partial charge in [-0.25, -0.2) is 4.39 Å². The highest BCUT2D eigenvalue weighted by atomic mass is 19.1. The fourth-order valence-electron chi connectivity index (χ4n) is 2.48. The van der Waals surface area contributed by atoms with Gasteiger partial charge in [0, 0.05) is 13.1 Å². The molecule has 20 heavy (non-hydrogen) atoms. The molecule has 1 aliphatic rings. The normalized spacial score (nSPS) is 18.1. The molecule has 0 aromatic heterocycles. The number of hydrogen-bond acceptors (Lipinski definition) is 3. The first-order chi connectivity index (χ1) is 9.60. The van der Waals surface area contributed by atoms with Gasteiger partial charge >= 0.3 is 0 Å². The highest BCUT2D eigenvalue weighted by molar-refractivity contribution is 5.82. The number of nitrogens with zero attached hydrogens (tertiary/aromatic N) is 1. The van der Waals surface area contributed by atoms with Crippen LogP contribution in [0.5, 0.6) is 0 Å². The minimum Gasteiger partial charge on any atom is -0.393 e. The average molecular weight is 280 g/mol. The van der Waals surface area contributed by atoms with E-state index in [1.807, 2.05) is 0 Å². The topological polar surface area (TPSA) is 52.6 Å². The molecule has 0 unspecified atom stereocenters. The van der Waals surface area contributed by atoms with E-state index in [1.165, 1.54) is 12.1 Å². The molecule has 1 amide bonds. The summed E-state index contributed by atoms with van der Waals surface area (Å²) in [5.41, 5.74) is 0.927. The number of hydrogen-bond donors (Lipinski definition) is 2. The SMILES string of the molecule is CN[C@@H](Cc1ccc(F)cc1)C(=O)N1CCC(O)CC1. The van der Waals surface area contributed by atoms with Crippen LogP contribution < -0.4 is 5.32 Å². The van der Waals surface area contributed by atoms with Crippen molar-refractivity contribution in [3.05, 3.63) is 35.6 Å². The van der Waals surface area contributed by atoms with Crippen LogP contribution >= 0.6 is 0 Å². The number of aliphatic hydroxyl groups excluding tert-OH is 1. The first kappa shape index (κ1) is 14.9. The van der Waals surface area contributed by atoms with E-state index in [2.05, 4.69) is 5.32 Å². The highest BCUT2D eigenvalue weighted by Crippen LogP contribution is 2.13. The maximum Gasteiger partial charge on any atom is 0.240 e. The number of aliphatic hydroxyl groups is 1. The van der Waals surface area contributed by atoms with Crippen LogP contribution in [0.1, 0.15) is 18.4 Å². The molecule has 0 bridgehead atoms. The zero-order chi connectivity index (χ0) is 14.5. The van der Waals surface area contributed by atoms with Crippen LogP contribution in [-0.4, -0.2) is 48.2 Å². The molecule has 0 spiro atoms. The molecule has 2 rings (SSSR count). The van der Waals surface area contributed by atoms with Gasteiger partial charge in [-0.1, -0.05) is 12.1 Å². The Bertz CT molecular complexity index is 442. The van der Waals surface area contributed by atoms with Gasteiger partial charge in [0.05, 0.1) is 12.1 Å². The quantitative estimate of drug-likeness (QED) is 0.863. The molecule has 1 atom stereocenters. The summed E-state index contributed by atoms with van der Waals surface area (Å²) in [4.78, 5) is 14.2. The van der Waals surface area contributed by atoms with Crippen LogP contribution in [-0.2, 0) is 11.2 Å². The van der Waals surface area contributed by atoms with E-state index in [-0.39, 0.29) is 23.9 Å². The van der Waals surface area contributed by atoms with Gasteiger partial charge in [0.2, 0.25) is 5.91 Å². The summed E-state index contributed by atoms with van der Waals surface area (Å²) in [6.45, 7) is 1.20. The molecule has 4 nitrogen and oxygen atoms in total. The first-order valence-corrected chi connectivity index (χ1v) is 6.98. The van der Waals surface area contributed by atoms with Gasteiger partial charge in [-0.15, -0.1) is 0 Å². The van der Waals surface area contributed by atoms with Gasteiger partial charge in [-0.3, -0.25) is 4.79 Å². The summed E-state index contributed by atoms with van der Waals surface area (Å²) in [5, 5.41) is 12.5. The van der Waals surface area contributed by atoms with Crippen LogP contribution in [0.25, 0.3) is 0 Å². The molecule has 0 saturated carbocycles. The Labute approximate surface area is 118 Å². The van der Waals surface area contributed by atoms with Crippen molar-refractivity contribution in [3.63, 3.8) is 0 Å². The van der Waals surface area contributed by atoms with Crippen molar-refractivity contribution in [2.45, 2.75) is 31.4 Å². The third-order valence-electron chi connectivity index (χ3n) is 3.78. The number of amides is 1. The van der Waals surface area contributed by atoms with Gasteiger partial charge in [0.15, 0.2) is 0 Å². The van der Waals surface area contributed by atoms with Crippen molar-refractivity contribution < 1.29 is 14.3 Å². The number of benzene rings is 1. The second-order valence-corrected chi connectivity index (χ2v) is 5.23. The second-order valence-electron chi connectivity index (χ2n) is 5.23. The van der Waals surface area contributed by atoms with E-state index in [0.717, 1.165) is 5.56 Å². The van der Waals surface area contributed by atoms with Gasteiger partial charge in [-0.05, 0) is 44.0 Å². The Morgan fingerprint density at radius 1 is 1.40 bits per heavy atom. The first-order valence-electron chi connectivity index (χ1n) is 6.98. The number of halogens is 1.